The van der Waals surface area contributed by atoms with Gasteiger partial charge < -0.3 is 19.3 Å². The Morgan fingerprint density at radius 3 is 1.82 bits per heavy atom. The minimum atomic E-state index is -0.800. The number of ether oxygens (including phenoxy) is 3. The lowest BCUT2D eigenvalue weighted by Crippen LogP contribution is -2.28. The second-order valence-corrected chi connectivity index (χ2v) is 14.7. The van der Waals surface area contributed by atoms with E-state index in [9.17, 15) is 14.7 Å². The van der Waals surface area contributed by atoms with Crippen molar-refractivity contribution in [1.82, 2.24) is 0 Å². The maximum atomic E-state index is 12.2. The molecule has 1 N–H and O–H groups in total. The number of allylic oxidation sites excluding steroid dienone is 5. The minimum Gasteiger partial charge on any atom is -0.462 e. The molecule has 0 saturated carbocycles. The zero-order chi connectivity index (χ0) is 36.3. The van der Waals surface area contributed by atoms with Crippen LogP contribution in [0.25, 0.3) is 0 Å². The highest BCUT2D eigenvalue weighted by Gasteiger charge is 2.36. The average Bonchev–Trinajstić information content (AvgIpc) is 3.87. The second-order valence-electron chi connectivity index (χ2n) is 14.7. The Labute approximate surface area is 308 Å². The first-order chi connectivity index (χ1) is 24.5. The molecule has 0 aromatic heterocycles. The highest BCUT2D eigenvalue weighted by Crippen LogP contribution is 2.30. The highest BCUT2D eigenvalue weighted by molar-refractivity contribution is 5.70. The fraction of sp³-hybridized carbons (Fsp3) is 0.818. The summed E-state index contributed by atoms with van der Waals surface area (Å²) in [5.74, 6) is 0.234. The fourth-order valence-corrected chi connectivity index (χ4v) is 6.20. The standard InChI is InChI=1S/C44H78O6/c1-4-6-7-8-9-10-11-17-20-23-26-29-33-41-42(50-41)34-31-36-43(46)48-38-40(37-45)49-44(47)35-30-27-24-21-18-15-13-12-14-16-19-22-25-28-32-39(3)5-2/h9-10,17,20,26,29,39-42,45H,4-8,11-16,18-19,21-25,27-28,30-38H2,1-3H3/b10-9-,20-17-,29-26-/t39?,40-,41?,42?/m0/s1. The van der Waals surface area contributed by atoms with E-state index in [4.69, 9.17) is 14.2 Å². The zero-order valence-corrected chi connectivity index (χ0v) is 32.8. The number of carbonyl (C=O) groups excluding carboxylic acids is 2. The van der Waals surface area contributed by atoms with Crippen molar-refractivity contribution in [2.75, 3.05) is 13.2 Å². The molecule has 6 nitrogen and oxygen atoms in total. The molecular weight excluding hydrogens is 624 g/mol. The Hall–Kier alpha value is -1.92. The molecule has 1 fully saturated rings. The smallest absolute Gasteiger partial charge is 0.306 e. The lowest BCUT2D eigenvalue weighted by Gasteiger charge is -2.15. The minimum absolute atomic E-state index is 0.101. The van der Waals surface area contributed by atoms with Crippen molar-refractivity contribution in [2.45, 2.75) is 212 Å². The molecule has 0 spiro atoms. The van der Waals surface area contributed by atoms with Gasteiger partial charge in [-0.05, 0) is 57.3 Å². The van der Waals surface area contributed by atoms with Gasteiger partial charge in [-0.2, -0.15) is 0 Å². The third-order valence-corrected chi connectivity index (χ3v) is 9.90. The second kappa shape index (κ2) is 34.2. The summed E-state index contributed by atoms with van der Waals surface area (Å²) in [6.45, 7) is 6.44. The largest absolute Gasteiger partial charge is 0.462 e. The first-order valence-electron chi connectivity index (χ1n) is 21.1. The topological polar surface area (TPSA) is 85.4 Å². The number of rotatable bonds is 36. The van der Waals surface area contributed by atoms with Crippen molar-refractivity contribution in [1.29, 1.82) is 0 Å². The van der Waals surface area contributed by atoms with E-state index in [0.29, 0.717) is 19.3 Å². The van der Waals surface area contributed by atoms with E-state index < -0.39 is 6.10 Å². The third kappa shape index (κ3) is 29.8. The van der Waals surface area contributed by atoms with E-state index in [-0.39, 0.29) is 37.4 Å². The number of hydrogen-bond donors (Lipinski definition) is 1. The molecule has 1 rings (SSSR count). The first kappa shape index (κ1) is 46.1. The van der Waals surface area contributed by atoms with Gasteiger partial charge in [-0.1, -0.05) is 166 Å². The Balaban J connectivity index is 1.92. The molecule has 4 atom stereocenters. The normalized spacial score (nSPS) is 17.2. The molecule has 1 heterocycles. The van der Waals surface area contributed by atoms with Crippen molar-refractivity contribution in [3.8, 4) is 0 Å². The maximum Gasteiger partial charge on any atom is 0.306 e. The SMILES string of the molecule is CCCCC/C=C\C/C=C\C/C=C\CC1OC1CCCC(=O)OC[C@H](CO)OC(=O)CCCCCCCCCCCCCCCCC(C)CC. The van der Waals surface area contributed by atoms with Crippen LogP contribution < -0.4 is 0 Å². The summed E-state index contributed by atoms with van der Waals surface area (Å²) < 4.78 is 16.4. The lowest BCUT2D eigenvalue weighted by molar-refractivity contribution is -0.161. The molecule has 6 heteroatoms. The number of aliphatic hydroxyl groups excluding tert-OH is 1. The van der Waals surface area contributed by atoms with Gasteiger partial charge >= 0.3 is 11.9 Å². The molecule has 50 heavy (non-hydrogen) atoms. The van der Waals surface area contributed by atoms with Gasteiger partial charge in [0.15, 0.2) is 6.10 Å². The molecule has 0 radical (unpaired) electrons. The van der Waals surface area contributed by atoms with E-state index in [1.54, 1.807) is 0 Å². The Morgan fingerprint density at radius 1 is 0.660 bits per heavy atom. The van der Waals surface area contributed by atoms with Crippen molar-refractivity contribution in [2.24, 2.45) is 5.92 Å². The van der Waals surface area contributed by atoms with Gasteiger partial charge in [0.1, 0.15) is 6.61 Å². The van der Waals surface area contributed by atoms with Crippen molar-refractivity contribution in [3.05, 3.63) is 36.5 Å². The molecule has 1 aliphatic heterocycles. The molecule has 0 bridgehead atoms. The van der Waals surface area contributed by atoms with E-state index in [0.717, 1.165) is 50.9 Å². The number of aliphatic hydroxyl groups is 1. The summed E-state index contributed by atoms with van der Waals surface area (Å²) in [6.07, 6.45) is 43.6. The van der Waals surface area contributed by atoms with Crippen LogP contribution in [0.3, 0.4) is 0 Å². The monoisotopic (exact) mass is 703 g/mol. The van der Waals surface area contributed by atoms with Crippen LogP contribution in [-0.2, 0) is 23.8 Å². The molecule has 0 amide bonds. The average molecular weight is 703 g/mol. The van der Waals surface area contributed by atoms with Crippen LogP contribution in [-0.4, -0.2) is 48.6 Å². The van der Waals surface area contributed by atoms with Crippen molar-refractivity contribution < 1.29 is 28.9 Å². The zero-order valence-electron chi connectivity index (χ0n) is 32.8. The Morgan fingerprint density at radius 2 is 1.22 bits per heavy atom. The Kier molecular flexibility index (Phi) is 31.5. The van der Waals surface area contributed by atoms with Crippen LogP contribution in [0.15, 0.2) is 36.5 Å². The van der Waals surface area contributed by atoms with Gasteiger partial charge in [0.05, 0.1) is 18.8 Å². The summed E-state index contributed by atoms with van der Waals surface area (Å²) in [7, 11) is 0. The summed E-state index contributed by atoms with van der Waals surface area (Å²) in [4.78, 5) is 24.4. The molecule has 0 aliphatic carbocycles. The maximum absolute atomic E-state index is 12.2. The number of hydrogen-bond acceptors (Lipinski definition) is 6. The molecule has 1 aliphatic rings. The predicted octanol–water partition coefficient (Wildman–Crippen LogP) is 12.1. The quantitative estimate of drug-likeness (QED) is 0.0303. The summed E-state index contributed by atoms with van der Waals surface area (Å²) in [6, 6.07) is 0. The van der Waals surface area contributed by atoms with E-state index in [1.807, 2.05) is 0 Å². The van der Waals surface area contributed by atoms with Crippen LogP contribution in [0.5, 0.6) is 0 Å². The molecule has 290 valence electrons. The van der Waals surface area contributed by atoms with Crippen LogP contribution in [0.2, 0.25) is 0 Å². The molecular formula is C44H78O6. The van der Waals surface area contributed by atoms with Crippen LogP contribution in [0.4, 0.5) is 0 Å². The van der Waals surface area contributed by atoms with Crippen molar-refractivity contribution >= 4 is 11.9 Å². The number of carbonyl (C=O) groups is 2. The summed E-state index contributed by atoms with van der Waals surface area (Å²) in [5.41, 5.74) is 0. The van der Waals surface area contributed by atoms with E-state index >= 15 is 0 Å². The summed E-state index contributed by atoms with van der Waals surface area (Å²) >= 11 is 0. The molecule has 0 aromatic rings. The Bertz CT molecular complexity index is 880. The van der Waals surface area contributed by atoms with E-state index in [2.05, 4.69) is 57.2 Å². The van der Waals surface area contributed by atoms with E-state index in [1.165, 1.54) is 109 Å². The number of unbranched alkanes of at least 4 members (excludes halogenated alkanes) is 16. The molecule has 3 unspecified atom stereocenters. The van der Waals surface area contributed by atoms with Gasteiger partial charge in [-0.15, -0.1) is 0 Å². The third-order valence-electron chi connectivity index (χ3n) is 9.90. The summed E-state index contributed by atoms with van der Waals surface area (Å²) in [5, 5.41) is 9.59. The number of esters is 2. The van der Waals surface area contributed by atoms with Gasteiger partial charge in [0, 0.05) is 12.8 Å². The molecule has 0 aromatic carbocycles. The fourth-order valence-electron chi connectivity index (χ4n) is 6.20. The van der Waals surface area contributed by atoms with Crippen molar-refractivity contribution in [3.63, 3.8) is 0 Å². The van der Waals surface area contributed by atoms with Crippen LogP contribution >= 0.6 is 0 Å². The van der Waals surface area contributed by atoms with Crippen LogP contribution in [0.1, 0.15) is 194 Å². The number of epoxide rings is 1. The van der Waals surface area contributed by atoms with Gasteiger partial charge in [-0.3, -0.25) is 9.59 Å². The van der Waals surface area contributed by atoms with Gasteiger partial charge in [-0.25, -0.2) is 0 Å². The van der Waals surface area contributed by atoms with Gasteiger partial charge in [0.2, 0.25) is 0 Å². The molecule has 1 saturated heterocycles. The highest BCUT2D eigenvalue weighted by atomic mass is 16.6. The lowest BCUT2D eigenvalue weighted by atomic mass is 9.99. The predicted molar refractivity (Wildman–Crippen MR) is 209 cm³/mol. The first-order valence-corrected chi connectivity index (χ1v) is 21.1. The van der Waals surface area contributed by atoms with Crippen LogP contribution in [0, 0.1) is 5.92 Å². The van der Waals surface area contributed by atoms with Gasteiger partial charge in [0.25, 0.3) is 0 Å².